The van der Waals surface area contributed by atoms with Gasteiger partial charge in [0.1, 0.15) is 0 Å². The van der Waals surface area contributed by atoms with Crippen molar-refractivity contribution in [2.24, 2.45) is 0 Å². The average Bonchev–Trinajstić information content (AvgIpc) is 3.26. The summed E-state index contributed by atoms with van der Waals surface area (Å²) < 4.78 is 29.8. The molecular formula is C53H105NO7. The normalized spacial score (nSPS) is 14.1. The van der Waals surface area contributed by atoms with Crippen LogP contribution in [0.3, 0.4) is 0 Å². The molecule has 0 radical (unpaired) electrons. The Labute approximate surface area is 379 Å². The van der Waals surface area contributed by atoms with E-state index in [1.165, 1.54) is 167 Å². The van der Waals surface area contributed by atoms with Gasteiger partial charge < -0.3 is 29.0 Å². The van der Waals surface area contributed by atoms with E-state index < -0.39 is 0 Å². The van der Waals surface area contributed by atoms with E-state index in [-0.39, 0.29) is 48.6 Å². The number of hydrogen-bond donors (Lipinski definition) is 1. The van der Waals surface area contributed by atoms with E-state index in [4.69, 9.17) is 23.7 Å². The van der Waals surface area contributed by atoms with E-state index in [0.29, 0.717) is 32.6 Å². The molecule has 0 aliphatic carbocycles. The third kappa shape index (κ3) is 40.1. The lowest BCUT2D eigenvalue weighted by Crippen LogP contribution is -2.34. The molecule has 0 heterocycles. The minimum absolute atomic E-state index is 0.0424. The lowest BCUT2D eigenvalue weighted by atomic mass is 9.97. The topological polar surface area (TPSA) is 92.3 Å². The Morgan fingerprint density at radius 3 is 1.38 bits per heavy atom. The van der Waals surface area contributed by atoms with E-state index in [0.717, 1.165) is 45.3 Å². The molecule has 3 unspecified atom stereocenters. The van der Waals surface area contributed by atoms with Crippen molar-refractivity contribution in [3.63, 3.8) is 0 Å². The van der Waals surface area contributed by atoms with Gasteiger partial charge in [0.2, 0.25) is 5.91 Å². The van der Waals surface area contributed by atoms with E-state index in [2.05, 4.69) is 46.9 Å². The van der Waals surface area contributed by atoms with Crippen LogP contribution in [-0.2, 0) is 33.3 Å². The highest BCUT2D eigenvalue weighted by Crippen LogP contribution is 2.24. The van der Waals surface area contributed by atoms with Gasteiger partial charge in [-0.2, -0.15) is 0 Å². The van der Waals surface area contributed by atoms with Crippen molar-refractivity contribution in [2.75, 3.05) is 46.7 Å². The Hall–Kier alpha value is -1.22. The molecule has 1 N–H and O–H groups in total. The van der Waals surface area contributed by atoms with Crippen LogP contribution in [-0.4, -0.2) is 75.9 Å². The lowest BCUT2D eigenvalue weighted by Gasteiger charge is -2.32. The summed E-state index contributed by atoms with van der Waals surface area (Å²) in [5.41, 5.74) is -0.568. The van der Waals surface area contributed by atoms with Gasteiger partial charge in [-0.05, 0) is 52.4 Å². The van der Waals surface area contributed by atoms with Crippen molar-refractivity contribution < 1.29 is 33.3 Å². The monoisotopic (exact) mass is 868 g/mol. The van der Waals surface area contributed by atoms with Crippen LogP contribution in [0.1, 0.15) is 266 Å². The minimum atomic E-state index is -0.374. The molecule has 0 aromatic heterocycles. The van der Waals surface area contributed by atoms with Crippen LogP contribution >= 0.6 is 0 Å². The highest BCUT2D eigenvalue weighted by molar-refractivity contribution is 5.81. The maximum absolute atomic E-state index is 12.7. The molecule has 3 atom stereocenters. The van der Waals surface area contributed by atoms with Crippen molar-refractivity contribution in [3.8, 4) is 0 Å². The standard InChI is InChI=1S/C53H105NO7/c1-8-12-14-16-18-20-22-24-26-28-30-32-34-36-44-58-48-49(59-45-37-35-33-31-29-27-25-23-21-19-17-15-13-9-2)40-43-54-50(55)38-39-51(56)60-46-41-53(6,11-4)61-47-42-52(5,10-3)57-7/h49H,8-48H2,1-7H3,(H,54,55). The van der Waals surface area contributed by atoms with Crippen LogP contribution in [0.5, 0.6) is 0 Å². The molecule has 8 nitrogen and oxygen atoms in total. The van der Waals surface area contributed by atoms with Crippen LogP contribution in [0, 0.1) is 0 Å². The summed E-state index contributed by atoms with van der Waals surface area (Å²) in [6, 6.07) is 0. The zero-order chi connectivity index (χ0) is 45.0. The second kappa shape index (κ2) is 44.0. The number of amides is 1. The van der Waals surface area contributed by atoms with E-state index in [1.54, 1.807) is 7.11 Å². The molecule has 364 valence electrons. The first-order valence-corrected chi connectivity index (χ1v) is 26.5. The summed E-state index contributed by atoms with van der Waals surface area (Å²) in [7, 11) is 1.74. The fourth-order valence-electron chi connectivity index (χ4n) is 7.79. The summed E-state index contributed by atoms with van der Waals surface area (Å²) in [6.45, 7) is 16.4. The number of esters is 1. The van der Waals surface area contributed by atoms with Gasteiger partial charge in [0, 0.05) is 39.7 Å². The predicted octanol–water partition coefficient (Wildman–Crippen LogP) is 15.0. The molecule has 0 aromatic rings. The molecule has 0 fully saturated rings. The highest BCUT2D eigenvalue weighted by atomic mass is 16.5. The summed E-state index contributed by atoms with van der Waals surface area (Å²) >= 11 is 0. The molecular weight excluding hydrogens is 763 g/mol. The zero-order valence-corrected chi connectivity index (χ0v) is 41.9. The number of rotatable bonds is 49. The third-order valence-corrected chi connectivity index (χ3v) is 13.1. The van der Waals surface area contributed by atoms with E-state index >= 15 is 0 Å². The van der Waals surface area contributed by atoms with Crippen LogP contribution < -0.4 is 5.32 Å². The zero-order valence-electron chi connectivity index (χ0n) is 41.9. The summed E-state index contributed by atoms with van der Waals surface area (Å²) in [6.07, 6.45) is 41.7. The minimum Gasteiger partial charge on any atom is -0.466 e. The van der Waals surface area contributed by atoms with Gasteiger partial charge in [0.05, 0.1) is 43.5 Å². The summed E-state index contributed by atoms with van der Waals surface area (Å²) in [5, 5.41) is 3.00. The van der Waals surface area contributed by atoms with Gasteiger partial charge in [0.25, 0.3) is 0 Å². The Kier molecular flexibility index (Phi) is 43.1. The Balaban J connectivity index is 4.40. The molecule has 0 spiro atoms. The van der Waals surface area contributed by atoms with Gasteiger partial charge in [-0.15, -0.1) is 0 Å². The molecule has 0 saturated carbocycles. The van der Waals surface area contributed by atoms with Crippen molar-refractivity contribution in [2.45, 2.75) is 284 Å². The van der Waals surface area contributed by atoms with Gasteiger partial charge >= 0.3 is 5.97 Å². The van der Waals surface area contributed by atoms with Crippen molar-refractivity contribution in [1.82, 2.24) is 5.32 Å². The maximum atomic E-state index is 12.7. The summed E-state index contributed by atoms with van der Waals surface area (Å²) in [5.74, 6) is -0.484. The number of ether oxygens (including phenoxy) is 5. The fourth-order valence-corrected chi connectivity index (χ4v) is 7.79. The first-order valence-electron chi connectivity index (χ1n) is 26.5. The largest absolute Gasteiger partial charge is 0.466 e. The van der Waals surface area contributed by atoms with Crippen LogP contribution in [0.4, 0.5) is 0 Å². The molecule has 0 rings (SSSR count). The van der Waals surface area contributed by atoms with E-state index in [9.17, 15) is 9.59 Å². The third-order valence-electron chi connectivity index (χ3n) is 13.1. The SMILES string of the molecule is CCCCCCCCCCCCCCCCOCC(CCNC(=O)CCC(=O)OCCC(C)(CC)OCCC(C)(CC)OC)OCCCCCCCCCCCCCCCC. The number of nitrogens with one attached hydrogen (secondary N) is 1. The Morgan fingerprint density at radius 2 is 0.934 bits per heavy atom. The van der Waals surface area contributed by atoms with Gasteiger partial charge in [-0.3, -0.25) is 9.59 Å². The molecule has 0 aliphatic heterocycles. The Bertz CT molecular complexity index is 944. The van der Waals surface area contributed by atoms with Crippen molar-refractivity contribution in [1.29, 1.82) is 0 Å². The maximum Gasteiger partial charge on any atom is 0.306 e. The molecule has 0 aliphatic rings. The van der Waals surface area contributed by atoms with Crippen LogP contribution in [0.2, 0.25) is 0 Å². The van der Waals surface area contributed by atoms with Gasteiger partial charge in [-0.1, -0.05) is 195 Å². The number of carbonyl (C=O) groups is 2. The van der Waals surface area contributed by atoms with Gasteiger partial charge in [-0.25, -0.2) is 0 Å². The van der Waals surface area contributed by atoms with Gasteiger partial charge in [0.15, 0.2) is 0 Å². The molecule has 8 heteroatoms. The first kappa shape index (κ1) is 59.8. The molecule has 1 amide bonds. The quantitative estimate of drug-likeness (QED) is 0.0481. The molecule has 0 aromatic carbocycles. The van der Waals surface area contributed by atoms with Crippen molar-refractivity contribution >= 4 is 11.9 Å². The molecule has 0 bridgehead atoms. The predicted molar refractivity (Wildman–Crippen MR) is 259 cm³/mol. The van der Waals surface area contributed by atoms with Crippen LogP contribution in [0.25, 0.3) is 0 Å². The number of unbranched alkanes of at least 4 members (excludes halogenated alkanes) is 26. The fraction of sp³-hybridized carbons (Fsp3) is 0.962. The molecule has 0 saturated heterocycles. The number of hydrogen-bond acceptors (Lipinski definition) is 7. The van der Waals surface area contributed by atoms with Crippen molar-refractivity contribution in [3.05, 3.63) is 0 Å². The summed E-state index contributed by atoms with van der Waals surface area (Å²) in [4.78, 5) is 25.1. The average molecular weight is 868 g/mol. The van der Waals surface area contributed by atoms with Crippen LogP contribution in [0.15, 0.2) is 0 Å². The molecule has 61 heavy (non-hydrogen) atoms. The van der Waals surface area contributed by atoms with E-state index in [1.807, 2.05) is 0 Å². The first-order chi connectivity index (χ1) is 29.7. The smallest absolute Gasteiger partial charge is 0.306 e. The lowest BCUT2D eigenvalue weighted by molar-refractivity contribution is -0.147. The Morgan fingerprint density at radius 1 is 0.508 bits per heavy atom. The second-order valence-corrected chi connectivity index (χ2v) is 18.8. The second-order valence-electron chi connectivity index (χ2n) is 18.8. The number of carbonyl (C=O) groups excluding carboxylic acids is 2. The number of methoxy groups -OCH3 is 1. The highest BCUT2D eigenvalue weighted by Gasteiger charge is 2.27.